The normalized spacial score (nSPS) is 14.7. The number of nitrogens with one attached hydrogen (secondary N) is 1. The first-order valence-electron chi connectivity index (χ1n) is 7.03. The highest BCUT2D eigenvalue weighted by Gasteiger charge is 2.25. The van der Waals surface area contributed by atoms with Crippen LogP contribution in [-0.4, -0.2) is 19.8 Å². The SMILES string of the molecule is CCCNC(c1ccc(F)c(C)c1)C(OC)C(C)C. The molecule has 19 heavy (non-hydrogen) atoms. The van der Waals surface area contributed by atoms with E-state index in [1.54, 1.807) is 20.1 Å². The second-order valence-corrected chi connectivity index (χ2v) is 5.38. The quantitative estimate of drug-likeness (QED) is 0.810. The first-order chi connectivity index (χ1) is 9.01. The van der Waals surface area contributed by atoms with Crippen molar-refractivity contribution in [3.63, 3.8) is 0 Å². The lowest BCUT2D eigenvalue weighted by atomic mass is 9.92. The van der Waals surface area contributed by atoms with Crippen LogP contribution in [0.3, 0.4) is 0 Å². The number of halogens is 1. The van der Waals surface area contributed by atoms with Crippen LogP contribution in [0, 0.1) is 18.7 Å². The molecule has 0 fully saturated rings. The third-order valence-electron chi connectivity index (χ3n) is 3.41. The van der Waals surface area contributed by atoms with Crippen molar-refractivity contribution in [2.24, 2.45) is 5.92 Å². The number of hydrogen-bond acceptors (Lipinski definition) is 2. The molecule has 0 spiro atoms. The molecule has 1 N–H and O–H groups in total. The predicted octanol–water partition coefficient (Wildman–Crippen LogP) is 3.85. The van der Waals surface area contributed by atoms with E-state index in [-0.39, 0.29) is 18.0 Å². The lowest BCUT2D eigenvalue weighted by molar-refractivity contribution is 0.0326. The van der Waals surface area contributed by atoms with Gasteiger partial charge in [0.15, 0.2) is 0 Å². The molecule has 0 amide bonds. The van der Waals surface area contributed by atoms with Gasteiger partial charge in [-0.1, -0.05) is 32.9 Å². The molecule has 1 aromatic rings. The molecule has 0 bridgehead atoms. The molecule has 1 rings (SSSR count). The molecule has 0 saturated carbocycles. The van der Waals surface area contributed by atoms with Gasteiger partial charge in [0.05, 0.1) is 12.1 Å². The molecule has 0 radical (unpaired) electrons. The van der Waals surface area contributed by atoms with E-state index >= 15 is 0 Å². The van der Waals surface area contributed by atoms with Crippen LogP contribution in [0.2, 0.25) is 0 Å². The lowest BCUT2D eigenvalue weighted by Gasteiger charge is -2.30. The molecule has 0 heterocycles. The zero-order valence-corrected chi connectivity index (χ0v) is 12.7. The molecule has 1 aromatic carbocycles. The molecule has 0 saturated heterocycles. The Balaban J connectivity index is 3.03. The Kier molecular flexibility index (Phi) is 6.46. The van der Waals surface area contributed by atoms with Gasteiger partial charge in [0.25, 0.3) is 0 Å². The number of methoxy groups -OCH3 is 1. The van der Waals surface area contributed by atoms with Crippen molar-refractivity contribution >= 4 is 0 Å². The number of benzene rings is 1. The summed E-state index contributed by atoms with van der Waals surface area (Å²) in [6.45, 7) is 9.15. The fourth-order valence-electron chi connectivity index (χ4n) is 2.38. The zero-order chi connectivity index (χ0) is 14.4. The van der Waals surface area contributed by atoms with Crippen LogP contribution in [0.1, 0.15) is 44.4 Å². The number of rotatable bonds is 7. The van der Waals surface area contributed by atoms with E-state index in [9.17, 15) is 4.39 Å². The van der Waals surface area contributed by atoms with Gasteiger partial charge < -0.3 is 10.1 Å². The number of ether oxygens (including phenoxy) is 1. The zero-order valence-electron chi connectivity index (χ0n) is 12.7. The fourth-order valence-corrected chi connectivity index (χ4v) is 2.38. The van der Waals surface area contributed by atoms with Crippen molar-refractivity contribution in [3.8, 4) is 0 Å². The van der Waals surface area contributed by atoms with Crippen molar-refractivity contribution in [2.75, 3.05) is 13.7 Å². The average Bonchev–Trinajstić information content (AvgIpc) is 2.37. The summed E-state index contributed by atoms with van der Waals surface area (Å²) in [5, 5.41) is 3.52. The van der Waals surface area contributed by atoms with E-state index in [1.165, 1.54) is 0 Å². The summed E-state index contributed by atoms with van der Waals surface area (Å²) < 4.78 is 19.0. The Morgan fingerprint density at radius 2 is 2.00 bits per heavy atom. The summed E-state index contributed by atoms with van der Waals surface area (Å²) >= 11 is 0. The highest BCUT2D eigenvalue weighted by Crippen LogP contribution is 2.26. The van der Waals surface area contributed by atoms with Crippen LogP contribution in [0.15, 0.2) is 18.2 Å². The number of aryl methyl sites for hydroxylation is 1. The third kappa shape index (κ3) is 4.29. The molecule has 0 aromatic heterocycles. The van der Waals surface area contributed by atoms with Crippen molar-refractivity contribution in [2.45, 2.75) is 46.3 Å². The van der Waals surface area contributed by atoms with Crippen LogP contribution in [-0.2, 0) is 4.74 Å². The molecular weight excluding hydrogens is 241 g/mol. The average molecular weight is 267 g/mol. The van der Waals surface area contributed by atoms with E-state index < -0.39 is 0 Å². The summed E-state index contributed by atoms with van der Waals surface area (Å²) in [6.07, 6.45) is 1.14. The molecule has 3 heteroatoms. The van der Waals surface area contributed by atoms with Crippen molar-refractivity contribution in [1.29, 1.82) is 0 Å². The Bertz CT molecular complexity index is 392. The molecule has 0 aliphatic heterocycles. The summed E-state index contributed by atoms with van der Waals surface area (Å²) in [5.74, 6) is 0.237. The minimum Gasteiger partial charge on any atom is -0.379 e. The first kappa shape index (κ1) is 16.1. The maximum absolute atomic E-state index is 13.4. The Labute approximate surface area is 116 Å². The van der Waals surface area contributed by atoms with Crippen LogP contribution in [0.25, 0.3) is 0 Å². The summed E-state index contributed by atoms with van der Waals surface area (Å²) in [4.78, 5) is 0. The van der Waals surface area contributed by atoms with Crippen LogP contribution in [0.5, 0.6) is 0 Å². The molecule has 2 nitrogen and oxygen atoms in total. The van der Waals surface area contributed by atoms with Crippen LogP contribution < -0.4 is 5.32 Å². The standard InChI is InChI=1S/C16H26FNO/c1-6-9-18-15(16(19-5)11(2)3)13-7-8-14(17)12(4)10-13/h7-8,10-11,15-16,18H,6,9H2,1-5H3. The van der Waals surface area contributed by atoms with Gasteiger partial charge in [-0.3, -0.25) is 0 Å². The maximum atomic E-state index is 13.4. The molecule has 108 valence electrons. The van der Waals surface area contributed by atoms with E-state index in [0.29, 0.717) is 11.5 Å². The highest BCUT2D eigenvalue weighted by atomic mass is 19.1. The maximum Gasteiger partial charge on any atom is 0.126 e. The molecular formula is C16H26FNO. The summed E-state index contributed by atoms with van der Waals surface area (Å²) in [5.41, 5.74) is 1.77. The van der Waals surface area contributed by atoms with Gasteiger partial charge in [-0.2, -0.15) is 0 Å². The first-order valence-corrected chi connectivity index (χ1v) is 7.03. The van der Waals surface area contributed by atoms with Crippen LogP contribution in [0.4, 0.5) is 4.39 Å². The van der Waals surface area contributed by atoms with E-state index in [2.05, 4.69) is 26.1 Å². The molecule has 0 aliphatic rings. The Morgan fingerprint density at radius 1 is 1.32 bits per heavy atom. The Hall–Kier alpha value is -0.930. The van der Waals surface area contributed by atoms with E-state index in [0.717, 1.165) is 18.5 Å². The topological polar surface area (TPSA) is 21.3 Å². The number of hydrogen-bond donors (Lipinski definition) is 1. The fraction of sp³-hybridized carbons (Fsp3) is 0.625. The van der Waals surface area contributed by atoms with Gasteiger partial charge in [0, 0.05) is 7.11 Å². The predicted molar refractivity (Wildman–Crippen MR) is 77.8 cm³/mol. The van der Waals surface area contributed by atoms with Gasteiger partial charge in [-0.05, 0) is 43.0 Å². The smallest absolute Gasteiger partial charge is 0.126 e. The van der Waals surface area contributed by atoms with Gasteiger partial charge in [0.1, 0.15) is 5.82 Å². The Morgan fingerprint density at radius 3 is 2.47 bits per heavy atom. The van der Waals surface area contributed by atoms with Crippen LogP contribution >= 0.6 is 0 Å². The second kappa shape index (κ2) is 7.61. The highest BCUT2D eigenvalue weighted by molar-refractivity contribution is 5.27. The van der Waals surface area contributed by atoms with Gasteiger partial charge in [-0.25, -0.2) is 4.39 Å². The second-order valence-electron chi connectivity index (χ2n) is 5.38. The van der Waals surface area contributed by atoms with E-state index in [4.69, 9.17) is 4.74 Å². The molecule has 2 unspecified atom stereocenters. The van der Waals surface area contributed by atoms with Gasteiger partial charge in [-0.15, -0.1) is 0 Å². The molecule has 2 atom stereocenters. The molecule has 0 aliphatic carbocycles. The summed E-state index contributed by atoms with van der Waals surface area (Å²) in [7, 11) is 1.74. The minimum absolute atomic E-state index is 0.0800. The van der Waals surface area contributed by atoms with Gasteiger partial charge in [0.2, 0.25) is 0 Å². The third-order valence-corrected chi connectivity index (χ3v) is 3.41. The summed E-state index contributed by atoms with van der Waals surface area (Å²) in [6, 6.07) is 5.41. The van der Waals surface area contributed by atoms with E-state index in [1.807, 2.05) is 12.1 Å². The minimum atomic E-state index is -0.156. The lowest BCUT2D eigenvalue weighted by Crippen LogP contribution is -2.37. The monoisotopic (exact) mass is 267 g/mol. The van der Waals surface area contributed by atoms with Crippen molar-refractivity contribution in [3.05, 3.63) is 35.1 Å². The van der Waals surface area contributed by atoms with Gasteiger partial charge >= 0.3 is 0 Å². The largest absolute Gasteiger partial charge is 0.379 e. The van der Waals surface area contributed by atoms with Crippen molar-refractivity contribution < 1.29 is 9.13 Å². The van der Waals surface area contributed by atoms with Crippen molar-refractivity contribution in [1.82, 2.24) is 5.32 Å².